The van der Waals surface area contributed by atoms with Gasteiger partial charge in [0.1, 0.15) is 0 Å². The lowest BCUT2D eigenvalue weighted by atomic mass is 9.92. The van der Waals surface area contributed by atoms with Crippen LogP contribution in [0.25, 0.3) is 0 Å². The molecule has 0 amide bonds. The third kappa shape index (κ3) is 4.05. The first-order valence-corrected chi connectivity index (χ1v) is 9.20. The van der Waals surface area contributed by atoms with Gasteiger partial charge in [-0.15, -0.1) is 11.3 Å². The molecule has 1 N–H and O–H groups in total. The molecule has 4 heteroatoms. The summed E-state index contributed by atoms with van der Waals surface area (Å²) in [5.74, 6) is 0.673. The van der Waals surface area contributed by atoms with E-state index in [1.165, 1.54) is 36.5 Å². The number of aromatic nitrogens is 1. The Hall–Kier alpha value is -0.450. The van der Waals surface area contributed by atoms with E-state index in [4.69, 9.17) is 4.98 Å². The van der Waals surface area contributed by atoms with Gasteiger partial charge in [0.05, 0.1) is 16.7 Å². The molecule has 0 bridgehead atoms. The fourth-order valence-electron chi connectivity index (χ4n) is 3.34. The quantitative estimate of drug-likeness (QED) is 0.916. The topological polar surface area (TPSA) is 28.2 Å². The molecule has 1 aliphatic rings. The van der Waals surface area contributed by atoms with Crippen LogP contribution in [0.5, 0.6) is 0 Å². The molecule has 1 aromatic rings. The second kappa shape index (κ2) is 7.21. The van der Waals surface area contributed by atoms with Gasteiger partial charge < -0.3 is 5.32 Å². The minimum atomic E-state index is 0.156. The van der Waals surface area contributed by atoms with Crippen molar-refractivity contribution in [3.63, 3.8) is 0 Å². The highest BCUT2D eigenvalue weighted by molar-refractivity contribution is 7.09. The van der Waals surface area contributed by atoms with E-state index < -0.39 is 0 Å². The second-order valence-electron chi connectivity index (χ2n) is 7.21. The lowest BCUT2D eigenvalue weighted by Crippen LogP contribution is -2.36. The van der Waals surface area contributed by atoms with Crippen molar-refractivity contribution in [1.29, 1.82) is 0 Å². The first-order chi connectivity index (χ1) is 9.97. The van der Waals surface area contributed by atoms with Crippen LogP contribution in [0.1, 0.15) is 63.7 Å². The van der Waals surface area contributed by atoms with Crippen LogP contribution in [0.3, 0.4) is 0 Å². The van der Waals surface area contributed by atoms with Crippen LogP contribution in [0.15, 0.2) is 5.38 Å². The maximum atomic E-state index is 5.03. The molecule has 1 fully saturated rings. The molecule has 0 aliphatic carbocycles. The summed E-state index contributed by atoms with van der Waals surface area (Å²) in [7, 11) is 2.07. The molecule has 3 nitrogen and oxygen atoms in total. The minimum Gasteiger partial charge on any atom is -0.319 e. The normalized spacial score (nSPS) is 25.0. The van der Waals surface area contributed by atoms with E-state index in [1.54, 1.807) is 0 Å². The van der Waals surface area contributed by atoms with Gasteiger partial charge >= 0.3 is 0 Å². The van der Waals surface area contributed by atoms with Gasteiger partial charge in [0.15, 0.2) is 0 Å². The van der Waals surface area contributed by atoms with Crippen molar-refractivity contribution in [2.24, 2.45) is 5.92 Å². The van der Waals surface area contributed by atoms with Crippen molar-refractivity contribution in [3.05, 3.63) is 16.1 Å². The van der Waals surface area contributed by atoms with Crippen molar-refractivity contribution in [3.8, 4) is 0 Å². The largest absolute Gasteiger partial charge is 0.319 e. The van der Waals surface area contributed by atoms with E-state index >= 15 is 0 Å². The summed E-state index contributed by atoms with van der Waals surface area (Å²) in [5.41, 5.74) is 1.46. The van der Waals surface area contributed by atoms with Crippen LogP contribution in [0, 0.1) is 5.92 Å². The first-order valence-electron chi connectivity index (χ1n) is 8.32. The van der Waals surface area contributed by atoms with Gasteiger partial charge in [-0.3, -0.25) is 4.90 Å². The van der Waals surface area contributed by atoms with E-state index in [0.717, 1.165) is 13.1 Å². The van der Waals surface area contributed by atoms with Gasteiger partial charge in [-0.05, 0) is 45.4 Å². The summed E-state index contributed by atoms with van der Waals surface area (Å²) in [6.07, 6.45) is 3.97. The third-order valence-electron chi connectivity index (χ3n) is 4.45. The van der Waals surface area contributed by atoms with Gasteiger partial charge in [-0.1, -0.05) is 34.1 Å². The van der Waals surface area contributed by atoms with Crippen LogP contribution < -0.4 is 5.32 Å². The Morgan fingerprint density at radius 3 is 2.71 bits per heavy atom. The highest BCUT2D eigenvalue weighted by Crippen LogP contribution is 2.37. The summed E-state index contributed by atoms with van der Waals surface area (Å²) < 4.78 is 0. The molecule has 0 aromatic carbocycles. The minimum absolute atomic E-state index is 0.156. The molecule has 2 rings (SSSR count). The molecule has 1 saturated heterocycles. The molecular formula is C17H31N3S. The zero-order valence-corrected chi connectivity index (χ0v) is 15.1. The molecule has 2 unspecified atom stereocenters. The summed E-state index contributed by atoms with van der Waals surface area (Å²) in [6, 6.07) is 0.484. The standard InChI is InChI=1S/C17H31N3S/c1-6-20-10-8-7-9-13(11-18-5)15(20)14-12-21-16(19-14)17(2,3)4/h12-13,15,18H,6-11H2,1-5H3. The predicted molar refractivity (Wildman–Crippen MR) is 92.1 cm³/mol. The van der Waals surface area contributed by atoms with Crippen LogP contribution >= 0.6 is 11.3 Å². The van der Waals surface area contributed by atoms with Crippen LogP contribution in [-0.2, 0) is 5.41 Å². The molecule has 2 heterocycles. The van der Waals surface area contributed by atoms with Crippen LogP contribution in [0.4, 0.5) is 0 Å². The highest BCUT2D eigenvalue weighted by Gasteiger charge is 2.32. The molecule has 0 radical (unpaired) electrons. The summed E-state index contributed by atoms with van der Waals surface area (Å²) in [5, 5.41) is 6.97. The third-order valence-corrected chi connectivity index (χ3v) is 5.74. The van der Waals surface area contributed by atoms with Gasteiger partial charge in [-0.2, -0.15) is 0 Å². The highest BCUT2D eigenvalue weighted by atomic mass is 32.1. The Kier molecular flexibility index (Phi) is 5.81. The number of nitrogens with zero attached hydrogens (tertiary/aromatic N) is 2. The second-order valence-corrected chi connectivity index (χ2v) is 8.07. The number of hydrogen-bond donors (Lipinski definition) is 1. The molecule has 0 spiro atoms. The Bertz CT molecular complexity index is 435. The van der Waals surface area contributed by atoms with E-state index in [9.17, 15) is 0 Å². The number of thiazole rings is 1. The summed E-state index contributed by atoms with van der Waals surface area (Å²) in [6.45, 7) is 12.5. The molecule has 120 valence electrons. The van der Waals surface area contributed by atoms with Crippen molar-refractivity contribution in [2.45, 2.75) is 58.4 Å². The van der Waals surface area contributed by atoms with E-state index in [2.05, 4.69) is 50.3 Å². The zero-order valence-electron chi connectivity index (χ0n) is 14.3. The van der Waals surface area contributed by atoms with Gasteiger partial charge in [0, 0.05) is 10.8 Å². The molecule has 1 aliphatic heterocycles. The van der Waals surface area contributed by atoms with Crippen molar-refractivity contribution in [1.82, 2.24) is 15.2 Å². The summed E-state index contributed by atoms with van der Waals surface area (Å²) in [4.78, 5) is 7.66. The number of likely N-dealkylation sites (tertiary alicyclic amines) is 1. The van der Waals surface area contributed by atoms with Gasteiger partial charge in [0.25, 0.3) is 0 Å². The van der Waals surface area contributed by atoms with E-state index in [-0.39, 0.29) is 5.41 Å². The number of nitrogens with one attached hydrogen (secondary N) is 1. The Morgan fingerprint density at radius 2 is 2.14 bits per heavy atom. The molecule has 0 saturated carbocycles. The Morgan fingerprint density at radius 1 is 1.38 bits per heavy atom. The maximum Gasteiger partial charge on any atom is 0.0982 e. The maximum absolute atomic E-state index is 5.03. The molecule has 2 atom stereocenters. The average Bonchev–Trinajstić information content (AvgIpc) is 2.82. The Balaban J connectivity index is 2.30. The monoisotopic (exact) mass is 309 g/mol. The fourth-order valence-corrected chi connectivity index (χ4v) is 4.28. The van der Waals surface area contributed by atoms with Crippen molar-refractivity contribution < 1.29 is 0 Å². The molecule has 21 heavy (non-hydrogen) atoms. The lowest BCUT2D eigenvalue weighted by molar-refractivity contribution is 0.159. The fraction of sp³-hybridized carbons (Fsp3) is 0.824. The van der Waals surface area contributed by atoms with E-state index in [0.29, 0.717) is 12.0 Å². The van der Waals surface area contributed by atoms with E-state index in [1.807, 2.05) is 11.3 Å². The van der Waals surface area contributed by atoms with Crippen LogP contribution in [0.2, 0.25) is 0 Å². The first kappa shape index (κ1) is 16.9. The summed E-state index contributed by atoms with van der Waals surface area (Å²) >= 11 is 1.83. The van der Waals surface area contributed by atoms with Gasteiger partial charge in [0.2, 0.25) is 0 Å². The van der Waals surface area contributed by atoms with Crippen molar-refractivity contribution >= 4 is 11.3 Å². The number of hydrogen-bond acceptors (Lipinski definition) is 4. The lowest BCUT2D eigenvalue weighted by Gasteiger charge is -2.33. The smallest absolute Gasteiger partial charge is 0.0982 e. The molecular weight excluding hydrogens is 278 g/mol. The van der Waals surface area contributed by atoms with Crippen molar-refractivity contribution in [2.75, 3.05) is 26.7 Å². The van der Waals surface area contributed by atoms with Gasteiger partial charge in [-0.25, -0.2) is 4.98 Å². The predicted octanol–water partition coefficient (Wildman–Crippen LogP) is 3.82. The van der Waals surface area contributed by atoms with Crippen LogP contribution in [-0.4, -0.2) is 36.6 Å². The zero-order chi connectivity index (χ0) is 15.5. The average molecular weight is 310 g/mol. The SMILES string of the molecule is CCN1CCCCC(CNC)C1c1csc(C(C)(C)C)n1. The number of rotatable bonds is 4. The Labute approximate surface area is 134 Å². The molecule has 1 aromatic heterocycles.